The number of hydrogen-bond donors (Lipinski definition) is 1. The second-order valence-electron chi connectivity index (χ2n) is 5.67. The van der Waals surface area contributed by atoms with Crippen molar-refractivity contribution >= 4 is 5.91 Å². The number of fused-ring (bicyclic) bond motifs is 1. The lowest BCUT2D eigenvalue weighted by atomic mass is 10.00. The molecule has 116 valence electrons. The number of hydrogen-bond acceptors (Lipinski definition) is 3. The van der Waals surface area contributed by atoms with E-state index in [1.54, 1.807) is 0 Å². The maximum atomic E-state index is 11.8. The van der Waals surface area contributed by atoms with Crippen molar-refractivity contribution in [3.63, 3.8) is 0 Å². The van der Waals surface area contributed by atoms with E-state index >= 15 is 0 Å². The van der Waals surface area contributed by atoms with Crippen LogP contribution in [-0.2, 0) is 22.5 Å². The predicted octanol–water partition coefficient (Wildman–Crippen LogP) is 1.98. The Morgan fingerprint density at radius 2 is 2.14 bits per heavy atom. The summed E-state index contributed by atoms with van der Waals surface area (Å²) in [6, 6.07) is 8.79. The highest BCUT2D eigenvalue weighted by atomic mass is 16.5. The van der Waals surface area contributed by atoms with Gasteiger partial charge in [-0.3, -0.25) is 9.69 Å². The zero-order chi connectivity index (χ0) is 15.1. The van der Waals surface area contributed by atoms with Crippen LogP contribution in [0.3, 0.4) is 0 Å². The van der Waals surface area contributed by atoms with Gasteiger partial charge in [0.25, 0.3) is 0 Å². The molecule has 1 aromatic rings. The zero-order valence-electron chi connectivity index (χ0n) is 13.1. The van der Waals surface area contributed by atoms with Crippen molar-refractivity contribution in [1.82, 2.24) is 10.2 Å². The number of nitrogens with one attached hydrogen (secondary N) is 1. The first-order valence-corrected chi connectivity index (χ1v) is 7.85. The van der Waals surface area contributed by atoms with Crippen LogP contribution < -0.4 is 5.32 Å². The van der Waals surface area contributed by atoms with E-state index in [0.29, 0.717) is 19.6 Å². The third kappa shape index (κ3) is 5.14. The highest BCUT2D eigenvalue weighted by Crippen LogP contribution is 2.18. The van der Waals surface area contributed by atoms with Crippen LogP contribution >= 0.6 is 0 Å². The van der Waals surface area contributed by atoms with Crippen LogP contribution in [0, 0.1) is 0 Å². The van der Waals surface area contributed by atoms with E-state index in [-0.39, 0.29) is 11.9 Å². The van der Waals surface area contributed by atoms with Crippen LogP contribution in [0.25, 0.3) is 0 Å². The second kappa shape index (κ2) is 8.15. The first-order valence-electron chi connectivity index (χ1n) is 7.85. The second-order valence-corrected chi connectivity index (χ2v) is 5.67. The summed E-state index contributed by atoms with van der Waals surface area (Å²) >= 11 is 0. The van der Waals surface area contributed by atoms with E-state index in [1.807, 2.05) is 6.92 Å². The molecule has 1 atom stereocenters. The summed E-state index contributed by atoms with van der Waals surface area (Å²) in [6.07, 6.45) is 1.54. The standard InChI is InChI=1S/C17H26N2O2/c1-3-21-11-9-17(20)18-14(2)12-19-10-8-15-6-4-5-7-16(15)13-19/h4-7,14H,3,8-13H2,1-2H3,(H,18,20)/t14-/m1/s1. The summed E-state index contributed by atoms with van der Waals surface area (Å²) in [6.45, 7) is 8.12. The molecule has 1 N–H and O–H groups in total. The topological polar surface area (TPSA) is 41.6 Å². The molecule has 21 heavy (non-hydrogen) atoms. The molecule has 0 saturated carbocycles. The molecule has 0 spiro atoms. The lowest BCUT2D eigenvalue weighted by Crippen LogP contribution is -2.43. The number of ether oxygens (including phenoxy) is 1. The Kier molecular flexibility index (Phi) is 6.21. The lowest BCUT2D eigenvalue weighted by molar-refractivity contribution is -0.122. The molecule has 0 aromatic heterocycles. The Morgan fingerprint density at radius 3 is 2.90 bits per heavy atom. The van der Waals surface area contributed by atoms with Crippen LogP contribution in [0.5, 0.6) is 0 Å². The fourth-order valence-electron chi connectivity index (χ4n) is 2.80. The van der Waals surface area contributed by atoms with Crippen molar-refractivity contribution in [2.75, 3.05) is 26.3 Å². The normalized spacial score (nSPS) is 16.3. The molecular weight excluding hydrogens is 264 g/mol. The van der Waals surface area contributed by atoms with Crippen molar-refractivity contribution in [2.45, 2.75) is 39.3 Å². The van der Waals surface area contributed by atoms with E-state index in [4.69, 9.17) is 4.74 Å². The van der Waals surface area contributed by atoms with Crippen LogP contribution in [0.1, 0.15) is 31.4 Å². The molecule has 1 heterocycles. The molecule has 1 amide bonds. The molecule has 0 unspecified atom stereocenters. The van der Waals surface area contributed by atoms with Crippen LogP contribution in [-0.4, -0.2) is 43.2 Å². The van der Waals surface area contributed by atoms with E-state index in [2.05, 4.69) is 41.4 Å². The average molecular weight is 290 g/mol. The number of nitrogens with zero attached hydrogens (tertiary/aromatic N) is 1. The fraction of sp³-hybridized carbons (Fsp3) is 0.588. The molecule has 1 aliphatic heterocycles. The number of benzene rings is 1. The Balaban J connectivity index is 1.74. The maximum Gasteiger partial charge on any atom is 0.222 e. The summed E-state index contributed by atoms with van der Waals surface area (Å²) in [7, 11) is 0. The molecule has 0 fully saturated rings. The molecule has 4 heteroatoms. The van der Waals surface area contributed by atoms with Gasteiger partial charge in [0.15, 0.2) is 0 Å². The number of carbonyl (C=O) groups is 1. The van der Waals surface area contributed by atoms with Gasteiger partial charge in [-0.15, -0.1) is 0 Å². The molecular formula is C17H26N2O2. The van der Waals surface area contributed by atoms with Gasteiger partial charge in [-0.05, 0) is 31.4 Å². The van der Waals surface area contributed by atoms with Gasteiger partial charge in [-0.2, -0.15) is 0 Å². The third-order valence-corrected chi connectivity index (χ3v) is 3.83. The third-order valence-electron chi connectivity index (χ3n) is 3.83. The smallest absolute Gasteiger partial charge is 0.222 e. The Labute approximate surface area is 127 Å². The first-order chi connectivity index (χ1) is 10.2. The van der Waals surface area contributed by atoms with Gasteiger partial charge in [0.05, 0.1) is 6.61 Å². The van der Waals surface area contributed by atoms with E-state index in [9.17, 15) is 4.79 Å². The number of carbonyl (C=O) groups excluding carboxylic acids is 1. The molecule has 1 aromatic carbocycles. The molecule has 0 radical (unpaired) electrons. The summed E-state index contributed by atoms with van der Waals surface area (Å²) in [5, 5.41) is 3.05. The Hall–Kier alpha value is -1.39. The van der Waals surface area contributed by atoms with Crippen molar-refractivity contribution < 1.29 is 9.53 Å². The Bertz CT molecular complexity index is 462. The summed E-state index contributed by atoms with van der Waals surface area (Å²) in [4.78, 5) is 14.2. The zero-order valence-corrected chi connectivity index (χ0v) is 13.1. The van der Waals surface area contributed by atoms with Gasteiger partial charge in [0, 0.05) is 38.7 Å². The lowest BCUT2D eigenvalue weighted by Gasteiger charge is -2.31. The minimum Gasteiger partial charge on any atom is -0.381 e. The predicted molar refractivity (Wildman–Crippen MR) is 84.1 cm³/mol. The average Bonchev–Trinajstić information content (AvgIpc) is 2.47. The quantitative estimate of drug-likeness (QED) is 0.781. The summed E-state index contributed by atoms with van der Waals surface area (Å²) < 4.78 is 5.20. The van der Waals surface area contributed by atoms with Crippen LogP contribution in [0.2, 0.25) is 0 Å². The molecule has 2 rings (SSSR count). The van der Waals surface area contributed by atoms with E-state index in [1.165, 1.54) is 11.1 Å². The fourth-order valence-corrected chi connectivity index (χ4v) is 2.80. The number of rotatable bonds is 7. The highest BCUT2D eigenvalue weighted by Gasteiger charge is 2.18. The largest absolute Gasteiger partial charge is 0.381 e. The van der Waals surface area contributed by atoms with Gasteiger partial charge in [0.1, 0.15) is 0 Å². The summed E-state index contributed by atoms with van der Waals surface area (Å²) in [5.41, 5.74) is 2.88. The number of amides is 1. The van der Waals surface area contributed by atoms with E-state index in [0.717, 1.165) is 26.1 Å². The van der Waals surface area contributed by atoms with Gasteiger partial charge in [0.2, 0.25) is 5.91 Å². The monoisotopic (exact) mass is 290 g/mol. The van der Waals surface area contributed by atoms with Crippen molar-refractivity contribution in [3.8, 4) is 0 Å². The molecule has 1 aliphatic rings. The SMILES string of the molecule is CCOCCC(=O)N[C@H](C)CN1CCc2ccccc2C1. The highest BCUT2D eigenvalue weighted by molar-refractivity contribution is 5.76. The molecule has 4 nitrogen and oxygen atoms in total. The minimum absolute atomic E-state index is 0.0772. The molecule has 0 bridgehead atoms. The Morgan fingerprint density at radius 1 is 1.38 bits per heavy atom. The van der Waals surface area contributed by atoms with Crippen molar-refractivity contribution in [1.29, 1.82) is 0 Å². The molecule has 0 saturated heterocycles. The van der Waals surface area contributed by atoms with Crippen molar-refractivity contribution in [3.05, 3.63) is 35.4 Å². The van der Waals surface area contributed by atoms with Gasteiger partial charge in [-0.25, -0.2) is 0 Å². The van der Waals surface area contributed by atoms with Crippen molar-refractivity contribution in [2.24, 2.45) is 0 Å². The van der Waals surface area contributed by atoms with Gasteiger partial charge < -0.3 is 10.1 Å². The maximum absolute atomic E-state index is 11.8. The summed E-state index contributed by atoms with van der Waals surface area (Å²) in [5.74, 6) is 0.0772. The van der Waals surface area contributed by atoms with E-state index < -0.39 is 0 Å². The van der Waals surface area contributed by atoms with Crippen LogP contribution in [0.4, 0.5) is 0 Å². The van der Waals surface area contributed by atoms with Crippen LogP contribution in [0.15, 0.2) is 24.3 Å². The minimum atomic E-state index is 0.0772. The van der Waals surface area contributed by atoms with Gasteiger partial charge in [-0.1, -0.05) is 24.3 Å². The molecule has 0 aliphatic carbocycles. The van der Waals surface area contributed by atoms with Gasteiger partial charge >= 0.3 is 0 Å². The first kappa shape index (κ1) is 16.0.